The highest BCUT2D eigenvalue weighted by Gasteiger charge is 2.14. The van der Waals surface area contributed by atoms with E-state index < -0.39 is 0 Å². The molecule has 0 unspecified atom stereocenters. The summed E-state index contributed by atoms with van der Waals surface area (Å²) in [6.07, 6.45) is 9.23. The predicted octanol–water partition coefficient (Wildman–Crippen LogP) is 3.38. The van der Waals surface area contributed by atoms with Gasteiger partial charge in [-0.05, 0) is 28.3 Å². The number of aromatic amines is 1. The summed E-state index contributed by atoms with van der Waals surface area (Å²) < 4.78 is 1.97. The maximum Gasteiger partial charge on any atom is 0.197 e. The number of benzene rings is 1. The van der Waals surface area contributed by atoms with Crippen molar-refractivity contribution in [2.24, 2.45) is 0 Å². The van der Waals surface area contributed by atoms with E-state index in [4.69, 9.17) is 4.98 Å². The summed E-state index contributed by atoms with van der Waals surface area (Å²) in [6, 6.07) is 8.51. The molecule has 0 aliphatic rings. The molecule has 0 atom stereocenters. The number of aromatic nitrogens is 7. The minimum Gasteiger partial charge on any atom is -0.303 e. The number of fused-ring (bicyclic) bond motifs is 1. The molecule has 0 aliphatic carbocycles. The van der Waals surface area contributed by atoms with Gasteiger partial charge in [-0.1, -0.05) is 45.0 Å². The number of hydrogen-bond donors (Lipinski definition) is 1. The smallest absolute Gasteiger partial charge is 0.197 e. The molecule has 0 amide bonds. The van der Waals surface area contributed by atoms with Crippen LogP contribution < -0.4 is 0 Å². The molecule has 0 aliphatic heterocycles. The van der Waals surface area contributed by atoms with Gasteiger partial charge in [0.25, 0.3) is 0 Å². The lowest BCUT2D eigenvalue weighted by Gasteiger charge is -2.19. The van der Waals surface area contributed by atoms with Crippen LogP contribution in [-0.2, 0) is 5.41 Å². The predicted molar refractivity (Wildman–Crippen MR) is 100 cm³/mol. The summed E-state index contributed by atoms with van der Waals surface area (Å²) in [7, 11) is 0. The van der Waals surface area contributed by atoms with E-state index in [1.165, 1.54) is 5.56 Å². The van der Waals surface area contributed by atoms with Gasteiger partial charge in [0, 0.05) is 24.2 Å². The Morgan fingerprint density at radius 3 is 2.58 bits per heavy atom. The first-order chi connectivity index (χ1) is 12.5. The number of nitrogens with zero attached hydrogens (tertiary/aromatic N) is 6. The highest BCUT2D eigenvalue weighted by Crippen LogP contribution is 2.27. The number of imidazole rings is 1. The first kappa shape index (κ1) is 16.1. The van der Waals surface area contributed by atoms with Crippen LogP contribution in [0.15, 0.2) is 42.9 Å². The molecule has 26 heavy (non-hydrogen) atoms. The zero-order chi connectivity index (χ0) is 18.1. The average Bonchev–Trinajstić information content (AvgIpc) is 3.30. The Labute approximate surface area is 150 Å². The van der Waals surface area contributed by atoms with Crippen LogP contribution in [0.25, 0.3) is 29.1 Å². The highest BCUT2D eigenvalue weighted by molar-refractivity contribution is 5.76. The van der Waals surface area contributed by atoms with Gasteiger partial charge in [-0.25, -0.2) is 9.97 Å². The van der Waals surface area contributed by atoms with Crippen molar-refractivity contribution in [1.82, 2.24) is 35.0 Å². The Bertz CT molecular complexity index is 1050. The van der Waals surface area contributed by atoms with Crippen molar-refractivity contribution in [3.05, 3.63) is 59.9 Å². The van der Waals surface area contributed by atoms with Gasteiger partial charge in [-0.3, -0.25) is 0 Å². The van der Waals surface area contributed by atoms with Crippen LogP contribution in [0.3, 0.4) is 0 Å². The van der Waals surface area contributed by atoms with Crippen LogP contribution in [0.1, 0.15) is 37.9 Å². The molecule has 4 aromatic rings. The Balaban J connectivity index is 1.77. The van der Waals surface area contributed by atoms with Gasteiger partial charge in [-0.15, -0.1) is 10.2 Å². The van der Waals surface area contributed by atoms with E-state index in [9.17, 15) is 0 Å². The van der Waals surface area contributed by atoms with E-state index in [0.29, 0.717) is 5.82 Å². The van der Waals surface area contributed by atoms with E-state index >= 15 is 0 Å². The van der Waals surface area contributed by atoms with Crippen molar-refractivity contribution < 1.29 is 0 Å². The summed E-state index contributed by atoms with van der Waals surface area (Å²) in [5, 5.41) is 13.8. The molecule has 0 fully saturated rings. The van der Waals surface area contributed by atoms with Crippen LogP contribution in [0.2, 0.25) is 0 Å². The molecule has 0 bridgehead atoms. The van der Waals surface area contributed by atoms with Crippen molar-refractivity contribution in [1.29, 1.82) is 0 Å². The second-order valence-corrected chi connectivity index (χ2v) is 7.10. The van der Waals surface area contributed by atoms with Crippen molar-refractivity contribution >= 4 is 17.8 Å². The largest absolute Gasteiger partial charge is 0.303 e. The Morgan fingerprint density at radius 1 is 1.08 bits per heavy atom. The molecule has 0 radical (unpaired) electrons. The third-order valence-corrected chi connectivity index (χ3v) is 4.18. The maximum absolute atomic E-state index is 4.78. The van der Waals surface area contributed by atoms with Crippen LogP contribution in [0.4, 0.5) is 0 Å². The fourth-order valence-corrected chi connectivity index (χ4v) is 2.75. The molecule has 7 nitrogen and oxygen atoms in total. The van der Waals surface area contributed by atoms with E-state index in [0.717, 1.165) is 22.6 Å². The summed E-state index contributed by atoms with van der Waals surface area (Å²) in [5.41, 5.74) is 4.88. The van der Waals surface area contributed by atoms with Gasteiger partial charge >= 0.3 is 0 Å². The Morgan fingerprint density at radius 2 is 1.88 bits per heavy atom. The maximum atomic E-state index is 4.78. The van der Waals surface area contributed by atoms with Gasteiger partial charge in [0.05, 0.1) is 5.69 Å². The van der Waals surface area contributed by atoms with Crippen LogP contribution in [0.5, 0.6) is 0 Å². The zero-order valence-corrected chi connectivity index (χ0v) is 14.9. The average molecular weight is 345 g/mol. The Kier molecular flexibility index (Phi) is 3.84. The fraction of sp³-hybridized carbons (Fsp3) is 0.211. The zero-order valence-electron chi connectivity index (χ0n) is 14.9. The van der Waals surface area contributed by atoms with Gasteiger partial charge in [0.2, 0.25) is 0 Å². The lowest BCUT2D eigenvalue weighted by molar-refractivity contribution is 0.590. The van der Waals surface area contributed by atoms with Crippen molar-refractivity contribution in [3.8, 4) is 11.3 Å². The van der Waals surface area contributed by atoms with Crippen LogP contribution >= 0.6 is 0 Å². The molecule has 0 saturated heterocycles. The van der Waals surface area contributed by atoms with Crippen molar-refractivity contribution in [2.75, 3.05) is 0 Å². The molecule has 7 heteroatoms. The van der Waals surface area contributed by atoms with Gasteiger partial charge < -0.3 is 4.40 Å². The molecule has 1 N–H and O–H groups in total. The lowest BCUT2D eigenvalue weighted by Crippen LogP contribution is -2.10. The minimum atomic E-state index is 0.115. The monoisotopic (exact) mass is 345 g/mol. The molecule has 3 heterocycles. The van der Waals surface area contributed by atoms with Crippen molar-refractivity contribution in [3.63, 3.8) is 0 Å². The van der Waals surface area contributed by atoms with Gasteiger partial charge in [-0.2, -0.15) is 5.21 Å². The number of rotatable bonds is 3. The lowest BCUT2D eigenvalue weighted by atomic mass is 9.86. The van der Waals surface area contributed by atoms with Gasteiger partial charge in [0.15, 0.2) is 11.5 Å². The van der Waals surface area contributed by atoms with Crippen LogP contribution in [-0.4, -0.2) is 35.0 Å². The van der Waals surface area contributed by atoms with E-state index in [1.54, 1.807) is 12.3 Å². The first-order valence-corrected chi connectivity index (χ1v) is 8.37. The molecule has 0 saturated carbocycles. The second-order valence-electron chi connectivity index (χ2n) is 7.10. The number of nitrogens with one attached hydrogen (secondary N) is 1. The van der Waals surface area contributed by atoms with Crippen molar-refractivity contribution in [2.45, 2.75) is 26.2 Å². The summed E-state index contributed by atoms with van der Waals surface area (Å²) >= 11 is 0. The summed E-state index contributed by atoms with van der Waals surface area (Å²) in [4.78, 5) is 9.23. The molecule has 1 aromatic carbocycles. The third-order valence-electron chi connectivity index (χ3n) is 4.18. The normalized spacial score (nSPS) is 12.3. The van der Waals surface area contributed by atoms with E-state index in [-0.39, 0.29) is 5.41 Å². The number of tetrazole rings is 1. The van der Waals surface area contributed by atoms with Gasteiger partial charge in [0.1, 0.15) is 5.69 Å². The molecule has 0 spiro atoms. The molecular formula is C19H19N7. The first-order valence-electron chi connectivity index (χ1n) is 8.37. The SMILES string of the molecule is CC(C)(C)c1ccc(-c2nc(C=Cc3nn[nH]n3)cn3ccnc23)cc1. The second kappa shape index (κ2) is 6.18. The topological polar surface area (TPSA) is 84.6 Å². The molecule has 4 rings (SSSR count). The molecular weight excluding hydrogens is 326 g/mol. The highest BCUT2D eigenvalue weighted by atomic mass is 15.5. The minimum absolute atomic E-state index is 0.115. The standard InChI is InChI=1S/C19H19N7/c1-19(2,3)14-6-4-13(5-7-14)17-18-20-10-11-26(18)12-15(21-17)8-9-16-22-24-25-23-16/h4-12H,1-3H3,(H,22,23,24,25). The quantitative estimate of drug-likeness (QED) is 0.615. The Hall–Kier alpha value is -3.35. The fourth-order valence-electron chi connectivity index (χ4n) is 2.75. The number of hydrogen-bond acceptors (Lipinski definition) is 5. The number of H-pyrrole nitrogens is 1. The molecule has 3 aromatic heterocycles. The molecule has 130 valence electrons. The summed E-state index contributed by atoms with van der Waals surface area (Å²) in [6.45, 7) is 6.61. The van der Waals surface area contributed by atoms with Crippen LogP contribution in [0, 0.1) is 0 Å². The summed E-state index contributed by atoms with van der Waals surface area (Å²) in [5.74, 6) is 0.508. The van der Waals surface area contributed by atoms with E-state index in [2.05, 4.69) is 70.6 Å². The van der Waals surface area contributed by atoms with E-state index in [1.807, 2.05) is 22.9 Å². The third kappa shape index (κ3) is 3.11.